The minimum absolute atomic E-state index is 0.306. The van der Waals surface area contributed by atoms with Crippen LogP contribution in [-0.2, 0) is 9.53 Å². The van der Waals surface area contributed by atoms with Crippen LogP contribution in [-0.4, -0.2) is 22.5 Å². The number of carbonyl (C=O) groups excluding carboxylic acids is 1. The third-order valence-corrected chi connectivity index (χ3v) is 4.88. The van der Waals surface area contributed by atoms with Gasteiger partial charge in [-0.2, -0.15) is 0 Å². The van der Waals surface area contributed by atoms with E-state index in [1.165, 1.54) is 18.1 Å². The van der Waals surface area contributed by atoms with E-state index in [0.717, 1.165) is 22.5 Å². The lowest BCUT2D eigenvalue weighted by Crippen LogP contribution is -2.23. The Morgan fingerprint density at radius 3 is 2.00 bits per heavy atom. The minimum atomic E-state index is -0.377. The summed E-state index contributed by atoms with van der Waals surface area (Å²) in [7, 11) is 0. The van der Waals surface area contributed by atoms with E-state index in [-0.39, 0.29) is 12.1 Å². The second-order valence-corrected chi connectivity index (χ2v) is 7.20. The number of nitrogens with zero attached hydrogens (tertiary/aromatic N) is 2. The van der Waals surface area contributed by atoms with Gasteiger partial charge in [0.1, 0.15) is 11.8 Å². The van der Waals surface area contributed by atoms with Gasteiger partial charge in [-0.3, -0.25) is 4.79 Å². The summed E-state index contributed by atoms with van der Waals surface area (Å²) in [6.07, 6.45) is 0.302. The third kappa shape index (κ3) is 3.60. The van der Waals surface area contributed by atoms with E-state index in [1.54, 1.807) is 0 Å². The topological polar surface area (TPSA) is 64.1 Å². The molecule has 0 fully saturated rings. The number of hydrogen-bond donors (Lipinski definition) is 1. The average Bonchev–Trinajstić information content (AvgIpc) is 2.68. The van der Waals surface area contributed by atoms with Gasteiger partial charge >= 0.3 is 5.97 Å². The van der Waals surface area contributed by atoms with Gasteiger partial charge in [-0.15, -0.1) is 0 Å². The van der Waals surface area contributed by atoms with E-state index in [1.807, 2.05) is 0 Å². The Kier molecular flexibility index (Phi) is 4.82. The van der Waals surface area contributed by atoms with Crippen molar-refractivity contribution >= 4 is 11.8 Å². The van der Waals surface area contributed by atoms with Gasteiger partial charge in [-0.05, 0) is 13.8 Å². The number of esters is 1. The first-order valence-electron chi connectivity index (χ1n) is 9.48. The van der Waals surface area contributed by atoms with Gasteiger partial charge in [-0.1, -0.05) is 59.7 Å². The molecule has 28 heavy (non-hydrogen) atoms. The molecule has 2 aromatic carbocycles. The Hall–Kier alpha value is -3.21. The van der Waals surface area contributed by atoms with Crippen molar-refractivity contribution in [3.8, 4) is 22.5 Å². The number of aromatic nitrogens is 2. The van der Waals surface area contributed by atoms with E-state index < -0.39 is 0 Å². The number of hydrogen-bond acceptors (Lipinski definition) is 5. The van der Waals surface area contributed by atoms with E-state index in [2.05, 4.69) is 67.7 Å². The Balaban J connectivity index is 1.90. The van der Waals surface area contributed by atoms with Gasteiger partial charge in [0, 0.05) is 31.0 Å². The number of aryl methyl sites for hydroxylation is 2. The lowest BCUT2D eigenvalue weighted by molar-refractivity contribution is -0.147. The first-order chi connectivity index (χ1) is 13.5. The molecule has 3 aromatic rings. The molecule has 0 bridgehead atoms. The lowest BCUT2D eigenvalue weighted by Gasteiger charge is -2.26. The van der Waals surface area contributed by atoms with Gasteiger partial charge < -0.3 is 10.1 Å². The highest BCUT2D eigenvalue weighted by Gasteiger charge is 2.28. The number of rotatable bonds is 3. The van der Waals surface area contributed by atoms with E-state index >= 15 is 0 Å². The molecule has 1 atom stereocenters. The molecule has 5 heteroatoms. The fourth-order valence-electron chi connectivity index (χ4n) is 3.40. The molecule has 5 nitrogen and oxygen atoms in total. The number of carbonyl (C=O) groups is 1. The Labute approximate surface area is 164 Å². The van der Waals surface area contributed by atoms with Gasteiger partial charge in [0.2, 0.25) is 0 Å². The van der Waals surface area contributed by atoms with Crippen LogP contribution in [0.15, 0.2) is 48.5 Å². The average molecular weight is 373 g/mol. The fourth-order valence-corrected chi connectivity index (χ4v) is 3.40. The zero-order valence-electron chi connectivity index (χ0n) is 16.3. The van der Waals surface area contributed by atoms with Crippen LogP contribution in [0.4, 0.5) is 5.82 Å². The van der Waals surface area contributed by atoms with Gasteiger partial charge in [0.25, 0.3) is 0 Å². The van der Waals surface area contributed by atoms with E-state index in [9.17, 15) is 4.79 Å². The summed E-state index contributed by atoms with van der Waals surface area (Å²) in [4.78, 5) is 21.4. The van der Waals surface area contributed by atoms with Crippen molar-refractivity contribution in [1.82, 2.24) is 9.97 Å². The molecule has 1 aromatic heterocycles. The molecular weight excluding hydrogens is 350 g/mol. The molecule has 1 aliphatic heterocycles. The summed E-state index contributed by atoms with van der Waals surface area (Å²) in [5, 5.41) is 3.31. The quantitative estimate of drug-likeness (QED) is 0.665. The Morgan fingerprint density at radius 2 is 1.46 bits per heavy atom. The molecule has 0 radical (unpaired) electrons. The Bertz CT molecular complexity index is 1010. The van der Waals surface area contributed by atoms with Crippen LogP contribution in [0.25, 0.3) is 22.5 Å². The summed E-state index contributed by atoms with van der Waals surface area (Å²) >= 11 is 0. The van der Waals surface area contributed by atoms with Gasteiger partial charge in [0.05, 0.1) is 11.4 Å². The maximum absolute atomic E-state index is 11.5. The molecule has 1 aliphatic rings. The van der Waals surface area contributed by atoms with Crippen LogP contribution in [0.2, 0.25) is 0 Å². The summed E-state index contributed by atoms with van der Waals surface area (Å²) in [6, 6.07) is 16.5. The van der Waals surface area contributed by atoms with E-state index in [0.29, 0.717) is 24.5 Å². The molecule has 0 saturated heterocycles. The standard InChI is InChI=1S/C23H23N3O2/c1-14-4-8-17(9-5-14)20-21(18-10-6-15(2)7-11-18)26-23-22(25-20)19(12-13-24-23)28-16(3)27/h4-11,19H,12-13H2,1-3H3,(H,24,26). The van der Waals surface area contributed by atoms with Crippen molar-refractivity contribution in [3.05, 3.63) is 65.4 Å². The van der Waals surface area contributed by atoms with Crippen molar-refractivity contribution in [1.29, 1.82) is 0 Å². The predicted octanol–water partition coefficient (Wildman–Crippen LogP) is 4.85. The zero-order chi connectivity index (χ0) is 19.7. The summed E-state index contributed by atoms with van der Waals surface area (Å²) in [5.74, 6) is 0.378. The number of anilines is 1. The molecule has 0 spiro atoms. The molecule has 4 rings (SSSR count). The zero-order valence-corrected chi connectivity index (χ0v) is 16.3. The van der Waals surface area contributed by atoms with Crippen molar-refractivity contribution in [2.45, 2.75) is 33.3 Å². The molecule has 142 valence electrons. The normalized spacial score (nSPS) is 15.5. The second kappa shape index (κ2) is 7.43. The smallest absolute Gasteiger partial charge is 0.303 e. The number of fused-ring (bicyclic) bond motifs is 1. The maximum atomic E-state index is 11.5. The largest absolute Gasteiger partial charge is 0.456 e. The van der Waals surface area contributed by atoms with Crippen LogP contribution in [0.5, 0.6) is 0 Å². The Morgan fingerprint density at radius 1 is 0.929 bits per heavy atom. The number of nitrogens with one attached hydrogen (secondary N) is 1. The summed E-state index contributed by atoms with van der Waals surface area (Å²) in [6.45, 7) is 6.24. The van der Waals surface area contributed by atoms with Gasteiger partial charge in [0.15, 0.2) is 5.82 Å². The van der Waals surface area contributed by atoms with Crippen molar-refractivity contribution in [3.63, 3.8) is 0 Å². The van der Waals surface area contributed by atoms with Crippen LogP contribution in [0.1, 0.15) is 36.3 Å². The predicted molar refractivity (Wildman–Crippen MR) is 110 cm³/mol. The molecule has 2 heterocycles. The fraction of sp³-hybridized carbons (Fsp3) is 0.261. The summed E-state index contributed by atoms with van der Waals surface area (Å²) < 4.78 is 5.51. The SMILES string of the molecule is CC(=O)OC1CCNc2nc(-c3ccc(C)cc3)c(-c3ccc(C)cc3)nc21. The van der Waals surface area contributed by atoms with Crippen LogP contribution in [0.3, 0.4) is 0 Å². The highest BCUT2D eigenvalue weighted by Crippen LogP contribution is 2.37. The lowest BCUT2D eigenvalue weighted by atomic mass is 10.0. The molecule has 1 unspecified atom stereocenters. The van der Waals surface area contributed by atoms with Crippen LogP contribution < -0.4 is 5.32 Å². The molecule has 0 aliphatic carbocycles. The van der Waals surface area contributed by atoms with Gasteiger partial charge in [-0.25, -0.2) is 9.97 Å². The van der Waals surface area contributed by atoms with Crippen LogP contribution in [0, 0.1) is 13.8 Å². The first-order valence-corrected chi connectivity index (χ1v) is 9.48. The van der Waals surface area contributed by atoms with Crippen molar-refractivity contribution in [2.75, 3.05) is 11.9 Å². The summed E-state index contributed by atoms with van der Waals surface area (Å²) in [5.41, 5.74) is 6.68. The molecule has 0 amide bonds. The first kappa shape index (κ1) is 18.2. The molecule has 0 saturated carbocycles. The van der Waals surface area contributed by atoms with E-state index in [4.69, 9.17) is 14.7 Å². The third-order valence-electron chi connectivity index (χ3n) is 4.88. The molecule has 1 N–H and O–H groups in total. The molecular formula is C23H23N3O2. The number of ether oxygens (including phenoxy) is 1. The number of benzene rings is 2. The van der Waals surface area contributed by atoms with Crippen LogP contribution >= 0.6 is 0 Å². The highest BCUT2D eigenvalue weighted by atomic mass is 16.5. The minimum Gasteiger partial charge on any atom is -0.456 e. The highest BCUT2D eigenvalue weighted by molar-refractivity contribution is 5.80. The monoisotopic (exact) mass is 373 g/mol. The second-order valence-electron chi connectivity index (χ2n) is 7.20. The van der Waals surface area contributed by atoms with Crippen molar-refractivity contribution < 1.29 is 9.53 Å². The maximum Gasteiger partial charge on any atom is 0.303 e. The van der Waals surface area contributed by atoms with Crippen molar-refractivity contribution in [2.24, 2.45) is 0 Å².